The van der Waals surface area contributed by atoms with Gasteiger partial charge in [-0.2, -0.15) is 0 Å². The number of aliphatic imine (C=N–C) groups is 1. The summed E-state index contributed by atoms with van der Waals surface area (Å²) in [5.41, 5.74) is 4.74. The monoisotopic (exact) mass is 377 g/mol. The molecule has 0 aliphatic rings. The maximum atomic E-state index is 9.49. The van der Waals surface area contributed by atoms with Gasteiger partial charge in [-0.05, 0) is 41.8 Å². The van der Waals surface area contributed by atoms with Crippen LogP contribution in [0.3, 0.4) is 0 Å². The van der Waals surface area contributed by atoms with Gasteiger partial charge in [0.05, 0.1) is 12.8 Å². The minimum absolute atomic E-state index is 0.303. The van der Waals surface area contributed by atoms with Crippen LogP contribution in [0.5, 0.6) is 17.4 Å². The number of amidine groups is 1. The minimum atomic E-state index is 0.303. The Hall–Kier alpha value is -3.38. The molecule has 0 spiro atoms. The van der Waals surface area contributed by atoms with Crippen molar-refractivity contribution in [3.63, 3.8) is 0 Å². The first kappa shape index (κ1) is 19.4. The van der Waals surface area contributed by atoms with Crippen LogP contribution in [-0.2, 0) is 0 Å². The summed E-state index contributed by atoms with van der Waals surface area (Å²) in [5.74, 6) is 2.51. The molecule has 0 amide bonds. The first-order chi connectivity index (χ1) is 13.6. The van der Waals surface area contributed by atoms with E-state index < -0.39 is 0 Å². The number of aromatic nitrogens is 1. The Balaban J connectivity index is 1.76. The lowest BCUT2D eigenvalue weighted by atomic mass is 10.0. The molecule has 1 aromatic heterocycles. The highest BCUT2D eigenvalue weighted by Gasteiger charge is 2.06. The number of ether oxygens (including phenoxy) is 2. The molecule has 2 aromatic carbocycles. The fourth-order valence-corrected chi connectivity index (χ4v) is 2.58. The Kier molecular flexibility index (Phi) is 6.24. The maximum absolute atomic E-state index is 9.49. The third-order valence-corrected chi connectivity index (χ3v) is 4.18. The van der Waals surface area contributed by atoms with Crippen LogP contribution in [-0.4, -0.2) is 23.1 Å². The van der Waals surface area contributed by atoms with Crippen LogP contribution in [0.25, 0.3) is 0 Å². The van der Waals surface area contributed by atoms with Crippen LogP contribution < -0.4 is 15.0 Å². The number of rotatable bonds is 6. The zero-order valence-electron chi connectivity index (χ0n) is 16.1. The number of pyridine rings is 1. The van der Waals surface area contributed by atoms with Gasteiger partial charge in [0.25, 0.3) is 0 Å². The van der Waals surface area contributed by atoms with Gasteiger partial charge in [-0.25, -0.2) is 9.98 Å². The third kappa shape index (κ3) is 4.86. The van der Waals surface area contributed by atoms with E-state index in [-0.39, 0.29) is 0 Å². The molecule has 3 rings (SSSR count). The van der Waals surface area contributed by atoms with Gasteiger partial charge < -0.3 is 9.47 Å². The molecule has 0 saturated carbocycles. The zero-order chi connectivity index (χ0) is 19.9. The van der Waals surface area contributed by atoms with Crippen molar-refractivity contribution < 1.29 is 14.7 Å². The lowest BCUT2D eigenvalue weighted by Gasteiger charge is -2.09. The van der Waals surface area contributed by atoms with Crippen molar-refractivity contribution in [3.8, 4) is 17.4 Å². The van der Waals surface area contributed by atoms with Crippen molar-refractivity contribution in [1.82, 2.24) is 10.5 Å². The molecule has 6 nitrogen and oxygen atoms in total. The van der Waals surface area contributed by atoms with Crippen molar-refractivity contribution in [1.29, 1.82) is 0 Å². The van der Waals surface area contributed by atoms with E-state index in [0.717, 1.165) is 5.69 Å². The summed E-state index contributed by atoms with van der Waals surface area (Å²) in [6.07, 6.45) is 1.58. The van der Waals surface area contributed by atoms with E-state index in [2.05, 4.69) is 29.3 Å². The summed E-state index contributed by atoms with van der Waals surface area (Å²) in [6, 6.07) is 18.7. The fraction of sp³-hybridized carbons (Fsp3) is 0.182. The van der Waals surface area contributed by atoms with Crippen molar-refractivity contribution in [3.05, 3.63) is 78.0 Å². The summed E-state index contributed by atoms with van der Waals surface area (Å²) >= 11 is 0. The lowest BCUT2D eigenvalue weighted by molar-refractivity contribution is 0.235. The van der Waals surface area contributed by atoms with Crippen LogP contribution in [0.2, 0.25) is 0 Å². The second kappa shape index (κ2) is 9.01. The Morgan fingerprint density at radius 1 is 1.04 bits per heavy atom. The Morgan fingerprint density at radius 2 is 1.79 bits per heavy atom. The molecule has 0 atom stereocenters. The summed E-state index contributed by atoms with van der Waals surface area (Å²) in [7, 11) is 1.60. The van der Waals surface area contributed by atoms with E-state index >= 15 is 0 Å². The highest BCUT2D eigenvalue weighted by molar-refractivity contribution is 5.99. The van der Waals surface area contributed by atoms with Gasteiger partial charge in [-0.3, -0.25) is 10.7 Å². The van der Waals surface area contributed by atoms with Crippen molar-refractivity contribution in [2.24, 2.45) is 4.99 Å². The molecule has 0 unspecified atom stereocenters. The third-order valence-electron chi connectivity index (χ3n) is 4.18. The van der Waals surface area contributed by atoms with Crippen LogP contribution in [0.15, 0.2) is 71.9 Å². The molecule has 28 heavy (non-hydrogen) atoms. The number of benzene rings is 2. The average Bonchev–Trinajstić information content (AvgIpc) is 2.73. The van der Waals surface area contributed by atoms with E-state index in [1.807, 2.05) is 42.5 Å². The number of hydroxylamine groups is 1. The van der Waals surface area contributed by atoms with E-state index in [4.69, 9.17) is 9.47 Å². The van der Waals surface area contributed by atoms with Gasteiger partial charge in [0.15, 0.2) is 5.84 Å². The molecule has 0 saturated heterocycles. The van der Waals surface area contributed by atoms with Gasteiger partial charge >= 0.3 is 0 Å². The predicted octanol–water partition coefficient (Wildman–Crippen LogP) is 5.06. The van der Waals surface area contributed by atoms with Gasteiger partial charge in [0.2, 0.25) is 5.88 Å². The maximum Gasteiger partial charge on any atom is 0.219 e. The normalized spacial score (nSPS) is 11.4. The minimum Gasteiger partial charge on any atom is -0.497 e. The van der Waals surface area contributed by atoms with E-state index in [1.165, 1.54) is 5.56 Å². The Bertz CT molecular complexity index is 936. The van der Waals surface area contributed by atoms with Gasteiger partial charge in [0.1, 0.15) is 11.5 Å². The second-order valence-corrected chi connectivity index (χ2v) is 6.48. The quantitative estimate of drug-likeness (QED) is 0.357. The molecule has 0 fully saturated rings. The van der Waals surface area contributed by atoms with Crippen LogP contribution in [0, 0.1) is 0 Å². The highest BCUT2D eigenvalue weighted by atomic mass is 16.5. The number of hydrogen-bond acceptors (Lipinski definition) is 5. The molecule has 144 valence electrons. The van der Waals surface area contributed by atoms with E-state index in [1.54, 1.807) is 31.5 Å². The van der Waals surface area contributed by atoms with E-state index in [0.29, 0.717) is 34.7 Å². The molecule has 3 aromatic rings. The number of nitrogens with zero attached hydrogens (tertiary/aromatic N) is 2. The molecule has 0 bridgehead atoms. The standard InChI is InChI=1S/C22H23N3O3/c1-15(2)16-7-10-18(11-8-16)24-22(25-26)17-9-12-21(23-14-17)28-20-6-4-5-19(13-20)27-3/h4-15,26H,1-3H3,(H,24,25). The number of nitrogens with one attached hydrogen (secondary N) is 1. The molecule has 0 aliphatic carbocycles. The highest BCUT2D eigenvalue weighted by Crippen LogP contribution is 2.24. The molecule has 0 aliphatic heterocycles. The summed E-state index contributed by atoms with van der Waals surface area (Å²) in [6.45, 7) is 4.28. The first-order valence-electron chi connectivity index (χ1n) is 8.96. The largest absolute Gasteiger partial charge is 0.497 e. The predicted molar refractivity (Wildman–Crippen MR) is 109 cm³/mol. The number of hydrogen-bond donors (Lipinski definition) is 2. The van der Waals surface area contributed by atoms with Crippen molar-refractivity contribution in [2.75, 3.05) is 7.11 Å². The average molecular weight is 377 g/mol. The lowest BCUT2D eigenvalue weighted by Crippen LogP contribution is -2.20. The van der Waals surface area contributed by atoms with E-state index in [9.17, 15) is 5.21 Å². The Morgan fingerprint density at radius 3 is 2.39 bits per heavy atom. The summed E-state index contributed by atoms with van der Waals surface area (Å²) < 4.78 is 10.9. The first-order valence-corrected chi connectivity index (χ1v) is 8.96. The molecular weight excluding hydrogens is 354 g/mol. The van der Waals surface area contributed by atoms with Crippen LogP contribution >= 0.6 is 0 Å². The van der Waals surface area contributed by atoms with Gasteiger partial charge in [-0.15, -0.1) is 0 Å². The molecular formula is C22H23N3O3. The van der Waals surface area contributed by atoms with Crippen LogP contribution in [0.1, 0.15) is 30.9 Å². The SMILES string of the molecule is COc1cccc(Oc2ccc(C(=Nc3ccc(C(C)C)cc3)NO)cn2)c1. The molecule has 2 N–H and O–H groups in total. The number of methoxy groups -OCH3 is 1. The molecule has 6 heteroatoms. The Labute approximate surface area is 164 Å². The molecule has 1 heterocycles. The summed E-state index contributed by atoms with van der Waals surface area (Å²) in [4.78, 5) is 8.72. The zero-order valence-corrected chi connectivity index (χ0v) is 16.1. The molecule has 0 radical (unpaired) electrons. The van der Waals surface area contributed by atoms with Crippen LogP contribution in [0.4, 0.5) is 5.69 Å². The van der Waals surface area contributed by atoms with Gasteiger partial charge in [-0.1, -0.05) is 32.0 Å². The second-order valence-electron chi connectivity index (χ2n) is 6.48. The van der Waals surface area contributed by atoms with Crippen molar-refractivity contribution >= 4 is 11.5 Å². The topological polar surface area (TPSA) is 76.0 Å². The smallest absolute Gasteiger partial charge is 0.219 e. The fourth-order valence-electron chi connectivity index (χ4n) is 2.58. The summed E-state index contributed by atoms with van der Waals surface area (Å²) in [5, 5.41) is 9.49. The van der Waals surface area contributed by atoms with Gasteiger partial charge in [0, 0.05) is 23.9 Å². The van der Waals surface area contributed by atoms with Crippen molar-refractivity contribution in [2.45, 2.75) is 19.8 Å².